The van der Waals surface area contributed by atoms with Gasteiger partial charge in [-0.15, -0.1) is 11.3 Å². The molecule has 0 aromatic carbocycles. The minimum absolute atomic E-state index is 0.259. The molecule has 0 fully saturated rings. The number of hydrogen-bond acceptors (Lipinski definition) is 2. The van der Waals surface area contributed by atoms with Crippen LogP contribution in [0.2, 0.25) is 0 Å². The van der Waals surface area contributed by atoms with Gasteiger partial charge in [-0.3, -0.25) is 4.79 Å². The summed E-state index contributed by atoms with van der Waals surface area (Å²) in [6.45, 7) is 2.94. The van der Waals surface area contributed by atoms with E-state index in [1.807, 2.05) is 11.9 Å². The molecule has 1 unspecified atom stereocenters. The van der Waals surface area contributed by atoms with E-state index in [1.54, 1.807) is 11.3 Å². The van der Waals surface area contributed by atoms with Crippen molar-refractivity contribution in [1.82, 2.24) is 4.90 Å². The van der Waals surface area contributed by atoms with Crippen LogP contribution in [0.1, 0.15) is 31.1 Å². The van der Waals surface area contributed by atoms with Crippen molar-refractivity contribution in [2.45, 2.75) is 37.4 Å². The number of carbonyl (C=O) groups excluding carboxylic acids is 1. The zero-order valence-electron chi connectivity index (χ0n) is 10.5. The lowest BCUT2D eigenvalue weighted by Gasteiger charge is -2.17. The van der Waals surface area contributed by atoms with Gasteiger partial charge in [-0.05, 0) is 30.7 Å². The molecule has 1 heterocycles. The molecule has 0 N–H and O–H groups in total. The standard InChI is InChI=1S/C13H20BrNOS/c1-11(14)8-9-15(2)13(16)7-3-5-12-6-4-10-17-12/h4,6,10-11H,3,5,7-9H2,1-2H3. The quantitative estimate of drug-likeness (QED) is 0.702. The molecule has 0 aliphatic heterocycles. The lowest BCUT2D eigenvalue weighted by Crippen LogP contribution is -2.28. The molecule has 17 heavy (non-hydrogen) atoms. The molecule has 1 aromatic heterocycles. The van der Waals surface area contributed by atoms with E-state index < -0.39 is 0 Å². The molecule has 1 aromatic rings. The van der Waals surface area contributed by atoms with E-state index in [0.29, 0.717) is 11.2 Å². The minimum atomic E-state index is 0.259. The van der Waals surface area contributed by atoms with E-state index in [2.05, 4.69) is 40.4 Å². The van der Waals surface area contributed by atoms with Crippen molar-refractivity contribution in [3.63, 3.8) is 0 Å². The Kier molecular flexibility index (Phi) is 6.82. The van der Waals surface area contributed by atoms with Gasteiger partial charge in [0.15, 0.2) is 0 Å². The second-order valence-corrected chi connectivity index (χ2v) is 6.91. The Morgan fingerprint density at radius 2 is 2.35 bits per heavy atom. The van der Waals surface area contributed by atoms with Crippen LogP contribution in [0, 0.1) is 0 Å². The van der Waals surface area contributed by atoms with Gasteiger partial charge in [-0.25, -0.2) is 0 Å². The van der Waals surface area contributed by atoms with Gasteiger partial charge >= 0.3 is 0 Å². The highest BCUT2D eigenvalue weighted by Crippen LogP contribution is 2.12. The zero-order chi connectivity index (χ0) is 12.7. The summed E-state index contributed by atoms with van der Waals surface area (Å²) in [7, 11) is 1.89. The van der Waals surface area contributed by atoms with E-state index in [-0.39, 0.29) is 5.91 Å². The number of hydrogen-bond donors (Lipinski definition) is 0. The van der Waals surface area contributed by atoms with Crippen molar-refractivity contribution in [2.24, 2.45) is 0 Å². The first-order valence-electron chi connectivity index (χ1n) is 6.00. The molecule has 0 spiro atoms. The molecule has 4 heteroatoms. The van der Waals surface area contributed by atoms with Crippen molar-refractivity contribution in [1.29, 1.82) is 0 Å². The predicted octanol–water partition coefficient (Wildman–Crippen LogP) is 3.70. The molecule has 1 amide bonds. The van der Waals surface area contributed by atoms with Crippen LogP contribution in [0.3, 0.4) is 0 Å². The third-order valence-electron chi connectivity index (χ3n) is 2.68. The molecule has 0 saturated heterocycles. The third-order valence-corrected chi connectivity index (χ3v) is 4.08. The second-order valence-electron chi connectivity index (χ2n) is 4.32. The SMILES string of the molecule is CC(Br)CCN(C)C(=O)CCCc1cccs1. The zero-order valence-corrected chi connectivity index (χ0v) is 12.9. The molecular weight excluding hydrogens is 298 g/mol. The van der Waals surface area contributed by atoms with Crippen LogP contribution in [0.15, 0.2) is 17.5 Å². The number of halogens is 1. The van der Waals surface area contributed by atoms with Gasteiger partial charge in [0.1, 0.15) is 0 Å². The van der Waals surface area contributed by atoms with Gasteiger partial charge in [0.05, 0.1) is 0 Å². The molecule has 0 aliphatic rings. The fourth-order valence-corrected chi connectivity index (χ4v) is 2.51. The summed E-state index contributed by atoms with van der Waals surface area (Å²) >= 11 is 5.26. The largest absolute Gasteiger partial charge is 0.346 e. The Balaban J connectivity index is 2.15. The lowest BCUT2D eigenvalue weighted by molar-refractivity contribution is -0.130. The number of amides is 1. The summed E-state index contributed by atoms with van der Waals surface area (Å²) in [6, 6.07) is 4.19. The molecule has 0 bridgehead atoms. The van der Waals surface area contributed by atoms with Crippen LogP contribution in [0.5, 0.6) is 0 Å². The Morgan fingerprint density at radius 1 is 1.59 bits per heavy atom. The number of carbonyl (C=O) groups is 1. The highest BCUT2D eigenvalue weighted by Gasteiger charge is 2.09. The highest BCUT2D eigenvalue weighted by atomic mass is 79.9. The summed E-state index contributed by atoms with van der Waals surface area (Å²) in [5.74, 6) is 0.259. The summed E-state index contributed by atoms with van der Waals surface area (Å²) in [5.41, 5.74) is 0. The van der Waals surface area contributed by atoms with E-state index in [4.69, 9.17) is 0 Å². The molecule has 1 rings (SSSR count). The van der Waals surface area contributed by atoms with E-state index in [0.717, 1.165) is 25.8 Å². The molecule has 0 aliphatic carbocycles. The van der Waals surface area contributed by atoms with Crippen LogP contribution < -0.4 is 0 Å². The number of aryl methyl sites for hydroxylation is 1. The monoisotopic (exact) mass is 317 g/mol. The number of thiophene rings is 1. The second kappa shape index (κ2) is 7.88. The molecule has 1 atom stereocenters. The Labute approximate surface area is 116 Å². The van der Waals surface area contributed by atoms with Gasteiger partial charge in [0, 0.05) is 29.7 Å². The Morgan fingerprint density at radius 3 is 2.94 bits per heavy atom. The van der Waals surface area contributed by atoms with Gasteiger partial charge < -0.3 is 4.90 Å². The number of rotatable bonds is 7. The first-order chi connectivity index (χ1) is 8.09. The minimum Gasteiger partial charge on any atom is -0.346 e. The molecule has 2 nitrogen and oxygen atoms in total. The first kappa shape index (κ1) is 14.7. The van der Waals surface area contributed by atoms with Crippen molar-refractivity contribution < 1.29 is 4.79 Å². The molecule has 96 valence electrons. The average Bonchev–Trinajstić information content (AvgIpc) is 2.78. The number of alkyl halides is 1. The van der Waals surface area contributed by atoms with Crippen LogP contribution in [0.25, 0.3) is 0 Å². The maximum Gasteiger partial charge on any atom is 0.222 e. The normalized spacial score (nSPS) is 12.4. The Bertz CT molecular complexity index is 324. The topological polar surface area (TPSA) is 20.3 Å². The fourth-order valence-electron chi connectivity index (χ4n) is 1.56. The van der Waals surface area contributed by atoms with Crippen LogP contribution >= 0.6 is 27.3 Å². The molecule has 0 saturated carbocycles. The van der Waals surface area contributed by atoms with Crippen LogP contribution in [-0.4, -0.2) is 29.2 Å². The highest BCUT2D eigenvalue weighted by molar-refractivity contribution is 9.09. The smallest absolute Gasteiger partial charge is 0.222 e. The molecular formula is C13H20BrNOS. The van der Waals surface area contributed by atoms with Gasteiger partial charge in [-0.2, -0.15) is 0 Å². The summed E-state index contributed by atoms with van der Waals surface area (Å²) in [5, 5.41) is 2.08. The van der Waals surface area contributed by atoms with Crippen LogP contribution in [-0.2, 0) is 11.2 Å². The predicted molar refractivity (Wildman–Crippen MR) is 77.9 cm³/mol. The van der Waals surface area contributed by atoms with Crippen molar-refractivity contribution in [3.05, 3.63) is 22.4 Å². The van der Waals surface area contributed by atoms with E-state index >= 15 is 0 Å². The van der Waals surface area contributed by atoms with Crippen LogP contribution in [0.4, 0.5) is 0 Å². The van der Waals surface area contributed by atoms with Crippen molar-refractivity contribution >= 4 is 33.2 Å². The summed E-state index contributed by atoms with van der Waals surface area (Å²) in [6.07, 6.45) is 3.64. The summed E-state index contributed by atoms with van der Waals surface area (Å²) in [4.78, 5) is 15.5. The Hall–Kier alpha value is -0.350. The molecule has 0 radical (unpaired) electrons. The third kappa shape index (κ3) is 6.22. The average molecular weight is 318 g/mol. The fraction of sp³-hybridized carbons (Fsp3) is 0.615. The van der Waals surface area contributed by atoms with E-state index in [1.165, 1.54) is 4.88 Å². The maximum atomic E-state index is 11.8. The summed E-state index contributed by atoms with van der Waals surface area (Å²) < 4.78 is 0. The van der Waals surface area contributed by atoms with E-state index in [9.17, 15) is 4.79 Å². The van der Waals surface area contributed by atoms with Gasteiger partial charge in [0.25, 0.3) is 0 Å². The van der Waals surface area contributed by atoms with Crippen molar-refractivity contribution in [2.75, 3.05) is 13.6 Å². The number of nitrogens with zero attached hydrogens (tertiary/aromatic N) is 1. The first-order valence-corrected chi connectivity index (χ1v) is 7.79. The lowest BCUT2D eigenvalue weighted by atomic mass is 10.2. The maximum absolute atomic E-state index is 11.8. The van der Waals surface area contributed by atoms with Gasteiger partial charge in [0.2, 0.25) is 5.91 Å². The van der Waals surface area contributed by atoms with Crippen molar-refractivity contribution in [3.8, 4) is 0 Å². The van der Waals surface area contributed by atoms with Gasteiger partial charge in [-0.1, -0.05) is 28.9 Å².